The van der Waals surface area contributed by atoms with E-state index in [-0.39, 0.29) is 17.8 Å². The highest BCUT2D eigenvalue weighted by Gasteiger charge is 1.83. The third-order valence-corrected chi connectivity index (χ3v) is 0.832. The molecule has 0 saturated heterocycles. The minimum absolute atomic E-state index is 0. The van der Waals surface area contributed by atoms with E-state index in [0.717, 1.165) is 6.42 Å². The molecule has 0 saturated carbocycles. The topological polar surface area (TPSA) is 143 Å². The Hall–Kier alpha value is -0.910. The Morgan fingerprint density at radius 2 is 1.82 bits per heavy atom. The Balaban J connectivity index is -0.0000000817. The summed E-state index contributed by atoms with van der Waals surface area (Å²) in [6.07, 6.45) is 2.37. The highest BCUT2D eigenvalue weighted by atomic mass is 16.4. The Morgan fingerprint density at radius 1 is 1.45 bits per heavy atom. The largest absolute Gasteiger partial charge is 0.870 e. The van der Waals surface area contributed by atoms with Gasteiger partial charge in [0.05, 0.1) is 5.97 Å². The number of rotatable bonds is 2. The van der Waals surface area contributed by atoms with Crippen LogP contribution in [0.3, 0.4) is 0 Å². The van der Waals surface area contributed by atoms with Gasteiger partial charge >= 0.3 is 0 Å². The van der Waals surface area contributed by atoms with E-state index < -0.39 is 5.97 Å². The number of aliphatic carboxylic acids is 1. The Kier molecular flexibility index (Phi) is 24.2. The van der Waals surface area contributed by atoms with E-state index in [1.54, 1.807) is 6.08 Å². The molecule has 0 atom stereocenters. The van der Waals surface area contributed by atoms with Crippen molar-refractivity contribution in [1.29, 1.82) is 0 Å². The number of carboxylic acids is 1. The number of hydrogen-bond acceptors (Lipinski definition) is 3. The van der Waals surface area contributed by atoms with Gasteiger partial charge < -0.3 is 27.7 Å². The van der Waals surface area contributed by atoms with Crippen LogP contribution in [0.15, 0.2) is 11.6 Å². The lowest BCUT2D eigenvalue weighted by Gasteiger charge is -1.97. The maximum absolute atomic E-state index is 9.91. The van der Waals surface area contributed by atoms with Crippen molar-refractivity contribution in [2.24, 2.45) is 0 Å². The molecule has 11 heavy (non-hydrogen) atoms. The molecule has 70 valence electrons. The van der Waals surface area contributed by atoms with Gasteiger partial charge in [0, 0.05) is 0 Å². The lowest BCUT2D eigenvalue weighted by Crippen LogP contribution is -2.22. The molecule has 0 aromatic rings. The zero-order valence-electron chi connectivity index (χ0n) is 7.55. The summed E-state index contributed by atoms with van der Waals surface area (Å²) < 4.78 is 0. The summed E-state index contributed by atoms with van der Waals surface area (Å²) in [5.74, 6) is -1.08. The van der Waals surface area contributed by atoms with Gasteiger partial charge in [-0.25, -0.2) is 0 Å². The second kappa shape index (κ2) is 11.8. The van der Waals surface area contributed by atoms with E-state index in [2.05, 4.69) is 0 Å². The first-order valence-electron chi connectivity index (χ1n) is 2.56. The average Bonchev–Trinajstić information content (AvgIpc) is 1.67. The van der Waals surface area contributed by atoms with Crippen molar-refractivity contribution in [3.8, 4) is 0 Å². The highest BCUT2D eigenvalue weighted by molar-refractivity contribution is 5.83. The van der Waals surface area contributed by atoms with Crippen LogP contribution in [-0.2, 0) is 4.79 Å². The molecular formula is C6H18N2O3. The van der Waals surface area contributed by atoms with Crippen molar-refractivity contribution in [2.75, 3.05) is 0 Å². The Labute approximate surface area is 66.6 Å². The zero-order chi connectivity index (χ0) is 6.57. The van der Waals surface area contributed by atoms with Crippen molar-refractivity contribution >= 4 is 5.97 Å². The highest BCUT2D eigenvalue weighted by Crippen LogP contribution is 1.90. The maximum atomic E-state index is 9.91. The summed E-state index contributed by atoms with van der Waals surface area (Å²) in [4.78, 5) is 9.91. The summed E-state index contributed by atoms with van der Waals surface area (Å²) in [7, 11) is 0. The molecule has 0 spiro atoms. The first-order chi connectivity index (χ1) is 3.68. The molecule has 0 rings (SSSR count). The molecule has 0 fully saturated rings. The monoisotopic (exact) mass is 166 g/mol. The standard InChI is InChI=1S/C6H10O2.2H3N.H2O/c1-3-4-5(2)6(7)8;;;/h4H,3H2,1-2H3,(H,7,8);2*1H3;1H2. The molecule has 0 amide bonds. The van der Waals surface area contributed by atoms with Crippen molar-refractivity contribution in [1.82, 2.24) is 12.3 Å². The van der Waals surface area contributed by atoms with Crippen LogP contribution in [0.1, 0.15) is 20.3 Å². The van der Waals surface area contributed by atoms with Crippen LogP contribution in [0.2, 0.25) is 0 Å². The van der Waals surface area contributed by atoms with Gasteiger partial charge in [0.1, 0.15) is 0 Å². The second-order valence-corrected chi connectivity index (χ2v) is 1.58. The zero-order valence-corrected chi connectivity index (χ0v) is 7.55. The molecule has 0 unspecified atom stereocenters. The summed E-state index contributed by atoms with van der Waals surface area (Å²) >= 11 is 0. The second-order valence-electron chi connectivity index (χ2n) is 1.58. The predicted molar refractivity (Wildman–Crippen MR) is 43.0 cm³/mol. The minimum Gasteiger partial charge on any atom is -0.870 e. The van der Waals surface area contributed by atoms with Gasteiger partial charge in [-0.05, 0) is 18.9 Å². The molecule has 5 nitrogen and oxygen atoms in total. The summed E-state index contributed by atoms with van der Waals surface area (Å²) in [5.41, 5.74) is 0.313. The van der Waals surface area contributed by atoms with E-state index >= 15 is 0 Å². The van der Waals surface area contributed by atoms with Crippen LogP contribution in [0, 0.1) is 0 Å². The molecule has 0 heterocycles. The third-order valence-electron chi connectivity index (χ3n) is 0.832. The molecule has 0 radical (unpaired) electrons. The van der Waals surface area contributed by atoms with Gasteiger partial charge in [0.15, 0.2) is 0 Å². The Morgan fingerprint density at radius 3 is 1.91 bits per heavy atom. The van der Waals surface area contributed by atoms with Gasteiger partial charge in [-0.15, -0.1) is 0 Å². The first-order valence-corrected chi connectivity index (χ1v) is 2.56. The van der Waals surface area contributed by atoms with Crippen LogP contribution in [-0.4, -0.2) is 11.4 Å². The normalized spacial score (nSPS) is 8.36. The molecule has 0 bridgehead atoms. The summed E-state index contributed by atoms with van der Waals surface area (Å²) in [5, 5.41) is 9.91. The van der Waals surface area contributed by atoms with Crippen LogP contribution >= 0.6 is 0 Å². The molecule has 0 aliphatic carbocycles. The molecular weight excluding hydrogens is 148 g/mol. The van der Waals surface area contributed by atoms with Crippen LogP contribution in [0.5, 0.6) is 0 Å². The van der Waals surface area contributed by atoms with E-state index in [9.17, 15) is 9.90 Å². The van der Waals surface area contributed by atoms with E-state index in [4.69, 9.17) is 0 Å². The van der Waals surface area contributed by atoms with E-state index in [1.807, 2.05) is 6.92 Å². The molecule has 5 heteroatoms. The van der Waals surface area contributed by atoms with Crippen molar-refractivity contribution in [3.05, 3.63) is 11.6 Å². The van der Waals surface area contributed by atoms with E-state index in [0.29, 0.717) is 5.57 Å². The molecule has 0 aliphatic heterocycles. The first kappa shape index (κ1) is 22.5. The van der Waals surface area contributed by atoms with Gasteiger partial charge in [-0.3, -0.25) is 0 Å². The molecule has 0 aromatic heterocycles. The SMILES string of the molecule is CCC=C(C)C(=O)[O-].[NH4+].[NH4+].[OH-]. The van der Waals surface area contributed by atoms with Gasteiger partial charge in [-0.2, -0.15) is 0 Å². The van der Waals surface area contributed by atoms with E-state index in [1.165, 1.54) is 6.92 Å². The summed E-state index contributed by atoms with van der Waals surface area (Å²) in [6.45, 7) is 3.41. The fraction of sp³-hybridized carbons (Fsp3) is 0.500. The molecule has 0 aromatic carbocycles. The predicted octanol–water partition coefficient (Wildman–Crippen LogP) is 0.668. The maximum Gasteiger partial charge on any atom is 0.0668 e. The van der Waals surface area contributed by atoms with Crippen molar-refractivity contribution < 1.29 is 15.4 Å². The number of quaternary nitrogens is 2. The fourth-order valence-electron chi connectivity index (χ4n) is 0.390. The number of carbonyl (C=O) groups excluding carboxylic acids is 1. The third kappa shape index (κ3) is 12.3. The van der Waals surface area contributed by atoms with Crippen molar-refractivity contribution in [2.45, 2.75) is 20.3 Å². The van der Waals surface area contributed by atoms with Gasteiger partial charge in [0.25, 0.3) is 0 Å². The fourth-order valence-corrected chi connectivity index (χ4v) is 0.390. The molecule has 9 N–H and O–H groups in total. The van der Waals surface area contributed by atoms with Crippen LogP contribution < -0.4 is 17.4 Å². The lowest BCUT2D eigenvalue weighted by molar-refractivity contribution is -0.299. The minimum atomic E-state index is -1.08. The van der Waals surface area contributed by atoms with Crippen LogP contribution in [0.4, 0.5) is 0 Å². The number of carboxylic acid groups (broad SMARTS) is 1. The van der Waals surface area contributed by atoms with Crippen LogP contribution in [0.25, 0.3) is 0 Å². The van der Waals surface area contributed by atoms with Gasteiger partial charge in [0.2, 0.25) is 0 Å². The number of carbonyl (C=O) groups is 1. The smallest absolute Gasteiger partial charge is 0.0668 e. The van der Waals surface area contributed by atoms with Gasteiger partial charge in [-0.1, -0.05) is 13.0 Å². The number of hydrogen-bond donors (Lipinski definition) is 2. The lowest BCUT2D eigenvalue weighted by atomic mass is 10.2. The molecule has 0 aliphatic rings. The number of allylic oxidation sites excluding steroid dienone is 1. The summed E-state index contributed by atoms with van der Waals surface area (Å²) in [6, 6.07) is 0. The quantitative estimate of drug-likeness (QED) is 0.581. The Bertz CT molecular complexity index is 123. The average molecular weight is 166 g/mol. The van der Waals surface area contributed by atoms with Crippen molar-refractivity contribution in [3.63, 3.8) is 0 Å².